The molecule has 2 rings (SSSR count). The molecule has 118 valence electrons. The van der Waals surface area contributed by atoms with Crippen LogP contribution in [0.2, 0.25) is 0 Å². The number of para-hydroxylation sites is 1. The lowest BCUT2D eigenvalue weighted by molar-refractivity contribution is 0.132. The Hall–Kier alpha value is -1.22. The Morgan fingerprint density at radius 1 is 1.24 bits per heavy atom. The fourth-order valence-electron chi connectivity index (χ4n) is 2.57. The highest BCUT2D eigenvalue weighted by molar-refractivity contribution is 5.50. The van der Waals surface area contributed by atoms with Gasteiger partial charge < -0.3 is 14.8 Å². The van der Waals surface area contributed by atoms with E-state index in [0.29, 0.717) is 0 Å². The number of fused-ring (bicyclic) bond motifs is 1. The Morgan fingerprint density at radius 2 is 2.00 bits per heavy atom. The number of hydrogen-bond donors (Lipinski definition) is 1. The SMILES string of the molecule is CC(C)(C)NCCCCOc1cccc2c1OC(C)(C)C2. The maximum Gasteiger partial charge on any atom is 0.165 e. The van der Waals surface area contributed by atoms with Crippen molar-refractivity contribution in [3.05, 3.63) is 23.8 Å². The van der Waals surface area contributed by atoms with Crippen LogP contribution in [0.25, 0.3) is 0 Å². The normalized spacial score (nSPS) is 16.4. The van der Waals surface area contributed by atoms with Crippen molar-refractivity contribution in [1.82, 2.24) is 5.32 Å². The minimum Gasteiger partial charge on any atom is -0.490 e. The van der Waals surface area contributed by atoms with Gasteiger partial charge in [-0.1, -0.05) is 12.1 Å². The quantitative estimate of drug-likeness (QED) is 0.805. The van der Waals surface area contributed by atoms with Gasteiger partial charge in [0, 0.05) is 17.5 Å². The third-order valence-electron chi connectivity index (χ3n) is 3.54. The van der Waals surface area contributed by atoms with Crippen LogP contribution in [0.4, 0.5) is 0 Å². The lowest BCUT2D eigenvalue weighted by atomic mass is 10.0. The van der Waals surface area contributed by atoms with Gasteiger partial charge in [0.05, 0.1) is 6.61 Å². The van der Waals surface area contributed by atoms with E-state index in [1.807, 2.05) is 6.07 Å². The Morgan fingerprint density at radius 3 is 2.71 bits per heavy atom. The zero-order chi connectivity index (χ0) is 15.5. The van der Waals surface area contributed by atoms with Crippen LogP contribution in [0.5, 0.6) is 11.5 Å². The van der Waals surface area contributed by atoms with Crippen molar-refractivity contribution >= 4 is 0 Å². The van der Waals surface area contributed by atoms with Gasteiger partial charge in [-0.3, -0.25) is 0 Å². The van der Waals surface area contributed by atoms with Crippen LogP contribution in [-0.4, -0.2) is 24.3 Å². The van der Waals surface area contributed by atoms with Gasteiger partial charge in [-0.2, -0.15) is 0 Å². The second-order valence-electron chi connectivity index (χ2n) is 7.52. The molecule has 0 aliphatic carbocycles. The molecule has 3 heteroatoms. The largest absolute Gasteiger partial charge is 0.490 e. The molecule has 0 saturated carbocycles. The van der Waals surface area contributed by atoms with Crippen molar-refractivity contribution in [1.29, 1.82) is 0 Å². The lowest BCUT2D eigenvalue weighted by Crippen LogP contribution is -2.36. The number of benzene rings is 1. The molecule has 3 nitrogen and oxygen atoms in total. The van der Waals surface area contributed by atoms with Crippen LogP contribution < -0.4 is 14.8 Å². The number of hydrogen-bond acceptors (Lipinski definition) is 3. The van der Waals surface area contributed by atoms with E-state index < -0.39 is 0 Å². The monoisotopic (exact) mass is 291 g/mol. The van der Waals surface area contributed by atoms with Crippen molar-refractivity contribution in [2.24, 2.45) is 0 Å². The first-order valence-corrected chi connectivity index (χ1v) is 7.96. The molecule has 0 spiro atoms. The Kier molecular flexibility index (Phi) is 4.82. The summed E-state index contributed by atoms with van der Waals surface area (Å²) in [7, 11) is 0. The highest BCUT2D eigenvalue weighted by Crippen LogP contribution is 2.41. The molecule has 1 aliphatic rings. The van der Waals surface area contributed by atoms with E-state index in [4.69, 9.17) is 9.47 Å². The average molecular weight is 291 g/mol. The van der Waals surface area contributed by atoms with Crippen molar-refractivity contribution < 1.29 is 9.47 Å². The zero-order valence-corrected chi connectivity index (χ0v) is 14.1. The second-order valence-corrected chi connectivity index (χ2v) is 7.52. The molecule has 1 aromatic rings. The standard InChI is InChI=1S/C18H29NO2/c1-17(2,3)19-11-6-7-12-20-15-10-8-9-14-13-18(4,5)21-16(14)15/h8-10,19H,6-7,11-13H2,1-5H3. The first-order chi connectivity index (χ1) is 9.77. The summed E-state index contributed by atoms with van der Waals surface area (Å²) < 4.78 is 11.9. The summed E-state index contributed by atoms with van der Waals surface area (Å²) >= 11 is 0. The van der Waals surface area contributed by atoms with Gasteiger partial charge >= 0.3 is 0 Å². The molecule has 0 unspecified atom stereocenters. The fraction of sp³-hybridized carbons (Fsp3) is 0.667. The molecule has 0 atom stereocenters. The van der Waals surface area contributed by atoms with Crippen LogP contribution in [0.15, 0.2) is 18.2 Å². The maximum absolute atomic E-state index is 6.01. The molecule has 0 fully saturated rings. The number of ether oxygens (including phenoxy) is 2. The van der Waals surface area contributed by atoms with E-state index >= 15 is 0 Å². The molecule has 1 aromatic carbocycles. The number of unbranched alkanes of at least 4 members (excludes halogenated alkanes) is 1. The molecule has 1 aliphatic heterocycles. The van der Waals surface area contributed by atoms with Gasteiger partial charge in [-0.15, -0.1) is 0 Å². The van der Waals surface area contributed by atoms with Crippen LogP contribution in [0.3, 0.4) is 0 Å². The van der Waals surface area contributed by atoms with E-state index in [2.05, 4.69) is 52.1 Å². The molecule has 0 amide bonds. The van der Waals surface area contributed by atoms with Crippen LogP contribution >= 0.6 is 0 Å². The summed E-state index contributed by atoms with van der Waals surface area (Å²) in [5.41, 5.74) is 1.34. The molecule has 0 saturated heterocycles. The molecular formula is C18H29NO2. The summed E-state index contributed by atoms with van der Waals surface area (Å²) in [5.74, 6) is 1.83. The average Bonchev–Trinajstić information content (AvgIpc) is 2.67. The third-order valence-corrected chi connectivity index (χ3v) is 3.54. The minimum atomic E-state index is -0.113. The Labute approximate surface area is 129 Å². The molecule has 0 bridgehead atoms. The summed E-state index contributed by atoms with van der Waals surface area (Å²) in [6.45, 7) is 12.6. The van der Waals surface area contributed by atoms with E-state index in [-0.39, 0.29) is 11.1 Å². The van der Waals surface area contributed by atoms with E-state index in [1.54, 1.807) is 0 Å². The van der Waals surface area contributed by atoms with Gasteiger partial charge in [0.1, 0.15) is 5.60 Å². The molecule has 0 aromatic heterocycles. The van der Waals surface area contributed by atoms with E-state index in [1.165, 1.54) is 5.56 Å². The van der Waals surface area contributed by atoms with E-state index in [9.17, 15) is 0 Å². The van der Waals surface area contributed by atoms with Crippen molar-refractivity contribution in [3.63, 3.8) is 0 Å². The Bertz CT molecular complexity index is 475. The van der Waals surface area contributed by atoms with Crippen LogP contribution in [0.1, 0.15) is 53.0 Å². The number of nitrogens with one attached hydrogen (secondary N) is 1. The molecule has 1 N–H and O–H groups in total. The molecular weight excluding hydrogens is 262 g/mol. The van der Waals surface area contributed by atoms with Crippen LogP contribution in [-0.2, 0) is 6.42 Å². The predicted molar refractivity (Wildman–Crippen MR) is 87.3 cm³/mol. The van der Waals surface area contributed by atoms with Gasteiger partial charge in [0.2, 0.25) is 0 Å². The molecule has 1 heterocycles. The molecule has 0 radical (unpaired) electrons. The maximum atomic E-state index is 6.01. The first kappa shape index (κ1) is 16.2. The van der Waals surface area contributed by atoms with Gasteiger partial charge in [0.25, 0.3) is 0 Å². The predicted octanol–water partition coefficient (Wildman–Crippen LogP) is 3.95. The van der Waals surface area contributed by atoms with Crippen molar-refractivity contribution in [3.8, 4) is 11.5 Å². The highest BCUT2D eigenvalue weighted by Gasteiger charge is 2.32. The van der Waals surface area contributed by atoms with Gasteiger partial charge in [0.15, 0.2) is 11.5 Å². The highest BCUT2D eigenvalue weighted by atomic mass is 16.5. The fourth-order valence-corrected chi connectivity index (χ4v) is 2.57. The van der Waals surface area contributed by atoms with Gasteiger partial charge in [-0.25, -0.2) is 0 Å². The topological polar surface area (TPSA) is 30.5 Å². The van der Waals surface area contributed by atoms with Crippen LogP contribution in [0, 0.1) is 0 Å². The summed E-state index contributed by atoms with van der Waals surface area (Å²) in [6.07, 6.45) is 3.13. The summed E-state index contributed by atoms with van der Waals surface area (Å²) in [6, 6.07) is 6.19. The second kappa shape index (κ2) is 6.27. The minimum absolute atomic E-state index is 0.113. The van der Waals surface area contributed by atoms with Crippen molar-refractivity contribution in [2.75, 3.05) is 13.2 Å². The van der Waals surface area contributed by atoms with E-state index in [0.717, 1.165) is 43.9 Å². The Balaban J connectivity index is 1.77. The van der Waals surface area contributed by atoms with Gasteiger partial charge in [-0.05, 0) is 60.1 Å². The summed E-state index contributed by atoms with van der Waals surface area (Å²) in [5, 5.41) is 3.49. The summed E-state index contributed by atoms with van der Waals surface area (Å²) in [4.78, 5) is 0. The molecule has 21 heavy (non-hydrogen) atoms. The first-order valence-electron chi connectivity index (χ1n) is 7.96. The lowest BCUT2D eigenvalue weighted by Gasteiger charge is -2.20. The zero-order valence-electron chi connectivity index (χ0n) is 14.1. The smallest absolute Gasteiger partial charge is 0.165 e. The number of rotatable bonds is 6. The third kappa shape index (κ3) is 4.92. The van der Waals surface area contributed by atoms with Crippen molar-refractivity contribution in [2.45, 2.75) is 65.0 Å².